The summed E-state index contributed by atoms with van der Waals surface area (Å²) in [6.07, 6.45) is 0. The maximum Gasteiger partial charge on any atom is 0.295 e. The highest BCUT2D eigenvalue weighted by Gasteiger charge is 2.12. The Morgan fingerprint density at radius 3 is 2.71 bits per heavy atom. The van der Waals surface area contributed by atoms with Gasteiger partial charge >= 0.3 is 0 Å². The van der Waals surface area contributed by atoms with Crippen LogP contribution in [0.25, 0.3) is 10.9 Å². The van der Waals surface area contributed by atoms with E-state index in [4.69, 9.17) is 0 Å². The van der Waals surface area contributed by atoms with Gasteiger partial charge in [-0.2, -0.15) is 0 Å². The molecule has 0 radical (unpaired) electrons. The minimum absolute atomic E-state index is 0.0370. The molecule has 0 saturated heterocycles. The zero-order valence-electron chi connectivity index (χ0n) is 9.68. The van der Waals surface area contributed by atoms with Crippen LogP contribution in [0.5, 0.6) is 0 Å². The third-order valence-corrected chi connectivity index (χ3v) is 2.33. The number of anilines is 1. The van der Waals surface area contributed by atoms with Gasteiger partial charge in [-0.05, 0) is 26.0 Å². The number of nitrogens with zero attached hydrogens (tertiary/aromatic N) is 2. The van der Waals surface area contributed by atoms with E-state index < -0.39 is 4.92 Å². The van der Waals surface area contributed by atoms with Crippen molar-refractivity contribution in [3.8, 4) is 0 Å². The first-order valence-corrected chi connectivity index (χ1v) is 5.38. The maximum absolute atomic E-state index is 10.9. The van der Waals surface area contributed by atoms with Crippen molar-refractivity contribution in [2.24, 2.45) is 0 Å². The molecular formula is C12H13N3O2. The Balaban J connectivity index is 2.57. The third-order valence-electron chi connectivity index (χ3n) is 2.33. The lowest BCUT2D eigenvalue weighted by atomic mass is 10.2. The van der Waals surface area contributed by atoms with Crippen LogP contribution in [0, 0.1) is 10.1 Å². The molecule has 0 fully saturated rings. The van der Waals surface area contributed by atoms with Crippen LogP contribution in [0.3, 0.4) is 0 Å². The number of benzene rings is 1. The van der Waals surface area contributed by atoms with Gasteiger partial charge in [0, 0.05) is 17.5 Å². The minimum Gasteiger partial charge on any atom is -0.368 e. The molecule has 5 nitrogen and oxygen atoms in total. The molecule has 1 aromatic carbocycles. The molecule has 0 bridgehead atoms. The molecule has 0 spiro atoms. The topological polar surface area (TPSA) is 68.1 Å². The molecular weight excluding hydrogens is 218 g/mol. The van der Waals surface area contributed by atoms with E-state index in [2.05, 4.69) is 10.3 Å². The number of rotatable bonds is 3. The quantitative estimate of drug-likeness (QED) is 0.651. The lowest BCUT2D eigenvalue weighted by molar-refractivity contribution is -0.383. The average Bonchev–Trinajstić information content (AvgIpc) is 2.27. The van der Waals surface area contributed by atoms with E-state index in [1.54, 1.807) is 6.07 Å². The number of nitro benzene ring substituents is 1. The molecule has 0 saturated carbocycles. The fraction of sp³-hybridized carbons (Fsp3) is 0.250. The number of hydrogen-bond acceptors (Lipinski definition) is 4. The van der Waals surface area contributed by atoms with Crippen LogP contribution in [0.1, 0.15) is 13.8 Å². The Kier molecular flexibility index (Phi) is 2.91. The van der Waals surface area contributed by atoms with Crippen LogP contribution < -0.4 is 5.32 Å². The van der Waals surface area contributed by atoms with Gasteiger partial charge in [-0.1, -0.05) is 12.1 Å². The van der Waals surface area contributed by atoms with Gasteiger partial charge in [-0.3, -0.25) is 10.1 Å². The number of non-ortho nitro benzene ring substituents is 1. The second-order valence-corrected chi connectivity index (χ2v) is 4.10. The first-order chi connectivity index (χ1) is 8.08. The summed E-state index contributed by atoms with van der Waals surface area (Å²) in [6, 6.07) is 8.84. The monoisotopic (exact) mass is 231 g/mol. The van der Waals surface area contributed by atoms with Crippen molar-refractivity contribution in [2.75, 3.05) is 5.32 Å². The van der Waals surface area contributed by atoms with Gasteiger partial charge in [0.15, 0.2) is 5.52 Å². The van der Waals surface area contributed by atoms with Gasteiger partial charge in [0.05, 0.1) is 4.92 Å². The van der Waals surface area contributed by atoms with Crippen LogP contribution >= 0.6 is 0 Å². The Morgan fingerprint density at radius 1 is 1.29 bits per heavy atom. The highest BCUT2D eigenvalue weighted by atomic mass is 16.6. The summed E-state index contributed by atoms with van der Waals surface area (Å²) >= 11 is 0. The van der Waals surface area contributed by atoms with Gasteiger partial charge < -0.3 is 5.32 Å². The second kappa shape index (κ2) is 4.37. The highest BCUT2D eigenvalue weighted by molar-refractivity contribution is 5.88. The van der Waals surface area contributed by atoms with E-state index in [9.17, 15) is 10.1 Å². The number of aromatic nitrogens is 1. The predicted octanol–water partition coefficient (Wildman–Crippen LogP) is 2.96. The molecule has 2 rings (SSSR count). The third kappa shape index (κ3) is 2.33. The largest absolute Gasteiger partial charge is 0.368 e. The molecule has 0 aliphatic carbocycles. The Labute approximate surface area is 98.6 Å². The summed E-state index contributed by atoms with van der Waals surface area (Å²) in [7, 11) is 0. The number of pyridine rings is 1. The van der Waals surface area contributed by atoms with Crippen LogP contribution in [-0.4, -0.2) is 15.9 Å². The SMILES string of the molecule is CC(C)Nc1ccc2cccc([N+](=O)[O-])c2n1. The molecule has 0 unspecified atom stereocenters. The van der Waals surface area contributed by atoms with Gasteiger partial charge in [0.25, 0.3) is 5.69 Å². The summed E-state index contributed by atoms with van der Waals surface area (Å²) in [5, 5.41) is 14.8. The first-order valence-electron chi connectivity index (χ1n) is 5.38. The van der Waals surface area contributed by atoms with Crippen molar-refractivity contribution in [2.45, 2.75) is 19.9 Å². The Bertz CT molecular complexity index is 567. The predicted molar refractivity (Wildman–Crippen MR) is 67.2 cm³/mol. The lowest BCUT2D eigenvalue weighted by Crippen LogP contribution is -2.10. The summed E-state index contributed by atoms with van der Waals surface area (Å²) in [6.45, 7) is 3.98. The number of nitro groups is 1. The van der Waals surface area contributed by atoms with Crippen molar-refractivity contribution < 1.29 is 4.92 Å². The number of para-hydroxylation sites is 1. The molecule has 17 heavy (non-hydrogen) atoms. The standard InChI is InChI=1S/C12H13N3O2/c1-8(2)13-11-7-6-9-4-3-5-10(15(16)17)12(9)14-11/h3-8H,1-2H3,(H,13,14). The van der Waals surface area contributed by atoms with Gasteiger partial charge in [0.2, 0.25) is 0 Å². The molecule has 88 valence electrons. The van der Waals surface area contributed by atoms with Crippen molar-refractivity contribution in [3.05, 3.63) is 40.4 Å². The minimum atomic E-state index is -0.408. The number of fused-ring (bicyclic) bond motifs is 1. The second-order valence-electron chi connectivity index (χ2n) is 4.10. The Morgan fingerprint density at radius 2 is 2.06 bits per heavy atom. The van der Waals surface area contributed by atoms with Crippen LogP contribution in [0.2, 0.25) is 0 Å². The fourth-order valence-electron chi connectivity index (χ4n) is 1.65. The molecule has 0 aliphatic heterocycles. The van der Waals surface area contributed by atoms with Crippen LogP contribution in [0.4, 0.5) is 11.5 Å². The average molecular weight is 231 g/mol. The highest BCUT2D eigenvalue weighted by Crippen LogP contribution is 2.24. The van der Waals surface area contributed by atoms with E-state index in [1.807, 2.05) is 32.0 Å². The van der Waals surface area contributed by atoms with Gasteiger partial charge in [-0.25, -0.2) is 4.98 Å². The molecule has 2 aromatic rings. The van der Waals surface area contributed by atoms with E-state index in [-0.39, 0.29) is 11.7 Å². The van der Waals surface area contributed by atoms with Crippen LogP contribution in [-0.2, 0) is 0 Å². The van der Waals surface area contributed by atoms with Crippen molar-refractivity contribution in [3.63, 3.8) is 0 Å². The van der Waals surface area contributed by atoms with Gasteiger partial charge in [0.1, 0.15) is 5.82 Å². The first kappa shape index (κ1) is 11.3. The lowest BCUT2D eigenvalue weighted by Gasteiger charge is -2.09. The molecule has 5 heteroatoms. The zero-order chi connectivity index (χ0) is 12.4. The normalized spacial score (nSPS) is 10.8. The van der Waals surface area contributed by atoms with Crippen LogP contribution in [0.15, 0.2) is 30.3 Å². The summed E-state index contributed by atoms with van der Waals surface area (Å²) in [4.78, 5) is 14.8. The fourth-order valence-corrected chi connectivity index (χ4v) is 1.65. The van der Waals surface area contributed by atoms with E-state index >= 15 is 0 Å². The summed E-state index contributed by atoms with van der Waals surface area (Å²) in [5.74, 6) is 0.654. The zero-order valence-corrected chi connectivity index (χ0v) is 9.68. The van der Waals surface area contributed by atoms with Crippen molar-refractivity contribution in [1.29, 1.82) is 0 Å². The Hall–Kier alpha value is -2.17. The van der Waals surface area contributed by atoms with E-state index in [0.29, 0.717) is 11.3 Å². The van der Waals surface area contributed by atoms with E-state index in [1.165, 1.54) is 6.07 Å². The van der Waals surface area contributed by atoms with E-state index in [0.717, 1.165) is 5.39 Å². The summed E-state index contributed by atoms with van der Waals surface area (Å²) in [5.41, 5.74) is 0.457. The molecule has 0 atom stereocenters. The van der Waals surface area contributed by atoms with Crippen molar-refractivity contribution >= 4 is 22.4 Å². The molecule has 1 heterocycles. The van der Waals surface area contributed by atoms with Gasteiger partial charge in [-0.15, -0.1) is 0 Å². The molecule has 0 amide bonds. The molecule has 1 aromatic heterocycles. The smallest absolute Gasteiger partial charge is 0.295 e. The number of hydrogen-bond donors (Lipinski definition) is 1. The maximum atomic E-state index is 10.9. The molecule has 0 aliphatic rings. The summed E-state index contributed by atoms with van der Waals surface area (Å²) < 4.78 is 0. The number of nitrogens with one attached hydrogen (secondary N) is 1. The van der Waals surface area contributed by atoms with Crippen molar-refractivity contribution in [1.82, 2.24) is 4.98 Å². The molecule has 1 N–H and O–H groups in total.